The van der Waals surface area contributed by atoms with Crippen molar-refractivity contribution in [2.24, 2.45) is 0 Å². The smallest absolute Gasteiger partial charge is 0.128 e. The van der Waals surface area contributed by atoms with E-state index in [1.54, 1.807) is 7.11 Å². The van der Waals surface area contributed by atoms with E-state index in [0.717, 1.165) is 24.3 Å². The van der Waals surface area contributed by atoms with Gasteiger partial charge in [0, 0.05) is 32.1 Å². The van der Waals surface area contributed by atoms with Crippen LogP contribution in [0.5, 0.6) is 5.75 Å². The standard InChI is InChI=1S/C12H16O3/c1-14-7-6-11(13)10-4-2-3-9-5-8-15-12(9)10/h2-4,11,13H,5-8H2,1H3. The fourth-order valence-corrected chi connectivity index (χ4v) is 1.89. The van der Waals surface area contributed by atoms with Gasteiger partial charge in [0.15, 0.2) is 0 Å². The third-order valence-electron chi connectivity index (χ3n) is 2.70. The molecule has 0 aromatic heterocycles. The Morgan fingerprint density at radius 2 is 2.40 bits per heavy atom. The minimum absolute atomic E-state index is 0.488. The molecule has 0 aliphatic carbocycles. The first-order valence-corrected chi connectivity index (χ1v) is 5.24. The lowest BCUT2D eigenvalue weighted by molar-refractivity contribution is 0.108. The Balaban J connectivity index is 2.17. The van der Waals surface area contributed by atoms with Crippen LogP contribution in [0, 0.1) is 0 Å². The van der Waals surface area contributed by atoms with Gasteiger partial charge < -0.3 is 14.6 Å². The van der Waals surface area contributed by atoms with Crippen molar-refractivity contribution < 1.29 is 14.6 Å². The van der Waals surface area contributed by atoms with E-state index in [2.05, 4.69) is 6.07 Å². The van der Waals surface area contributed by atoms with Crippen molar-refractivity contribution in [3.05, 3.63) is 29.3 Å². The summed E-state index contributed by atoms with van der Waals surface area (Å²) < 4.78 is 10.5. The molecule has 1 atom stereocenters. The lowest BCUT2D eigenvalue weighted by Crippen LogP contribution is -2.03. The highest BCUT2D eigenvalue weighted by Crippen LogP contribution is 2.34. The minimum Gasteiger partial charge on any atom is -0.493 e. The highest BCUT2D eigenvalue weighted by atomic mass is 16.5. The van der Waals surface area contributed by atoms with Crippen molar-refractivity contribution >= 4 is 0 Å². The molecule has 1 aromatic carbocycles. The quantitative estimate of drug-likeness (QED) is 0.818. The summed E-state index contributed by atoms with van der Waals surface area (Å²) in [4.78, 5) is 0. The van der Waals surface area contributed by atoms with E-state index < -0.39 is 6.10 Å². The van der Waals surface area contributed by atoms with Gasteiger partial charge in [-0.2, -0.15) is 0 Å². The summed E-state index contributed by atoms with van der Waals surface area (Å²) >= 11 is 0. The SMILES string of the molecule is COCCC(O)c1cccc2c1OCC2. The van der Waals surface area contributed by atoms with Crippen LogP contribution in [0.15, 0.2) is 18.2 Å². The number of aliphatic hydroxyl groups is 1. The molecule has 0 saturated carbocycles. The first kappa shape index (κ1) is 10.5. The first-order chi connectivity index (χ1) is 7.33. The third kappa shape index (κ3) is 2.13. The van der Waals surface area contributed by atoms with Crippen LogP contribution in [0.25, 0.3) is 0 Å². The number of aliphatic hydroxyl groups excluding tert-OH is 1. The van der Waals surface area contributed by atoms with Gasteiger partial charge in [0.1, 0.15) is 5.75 Å². The Kier molecular flexibility index (Phi) is 3.23. The zero-order valence-electron chi connectivity index (χ0n) is 8.90. The second kappa shape index (κ2) is 4.64. The molecule has 1 N–H and O–H groups in total. The van der Waals surface area contributed by atoms with Gasteiger partial charge in [-0.25, -0.2) is 0 Å². The van der Waals surface area contributed by atoms with Crippen molar-refractivity contribution in [3.8, 4) is 5.75 Å². The molecule has 0 saturated heterocycles. The second-order valence-corrected chi connectivity index (χ2v) is 3.73. The Bertz CT molecular complexity index is 336. The maximum Gasteiger partial charge on any atom is 0.128 e. The van der Waals surface area contributed by atoms with Crippen molar-refractivity contribution in [2.45, 2.75) is 18.9 Å². The number of benzene rings is 1. The van der Waals surface area contributed by atoms with Crippen LogP contribution in [0.1, 0.15) is 23.7 Å². The molecule has 1 aromatic rings. The number of fused-ring (bicyclic) bond motifs is 1. The number of hydrogen-bond acceptors (Lipinski definition) is 3. The molecule has 0 fully saturated rings. The Morgan fingerprint density at radius 3 is 3.20 bits per heavy atom. The molecule has 3 heteroatoms. The summed E-state index contributed by atoms with van der Waals surface area (Å²) in [6.07, 6.45) is 1.06. The van der Waals surface area contributed by atoms with Crippen LogP contribution in [0.2, 0.25) is 0 Å². The maximum absolute atomic E-state index is 9.96. The first-order valence-electron chi connectivity index (χ1n) is 5.24. The van der Waals surface area contributed by atoms with E-state index in [0.29, 0.717) is 13.0 Å². The third-order valence-corrected chi connectivity index (χ3v) is 2.70. The normalized spacial score (nSPS) is 15.9. The average Bonchev–Trinajstić information content (AvgIpc) is 2.73. The van der Waals surface area contributed by atoms with E-state index in [4.69, 9.17) is 9.47 Å². The molecular formula is C12H16O3. The van der Waals surface area contributed by atoms with Crippen molar-refractivity contribution in [3.63, 3.8) is 0 Å². The molecule has 0 amide bonds. The predicted octanol–water partition coefficient (Wildman–Crippen LogP) is 1.69. The second-order valence-electron chi connectivity index (χ2n) is 3.73. The minimum atomic E-state index is -0.488. The summed E-state index contributed by atoms with van der Waals surface area (Å²) in [6.45, 7) is 1.29. The Morgan fingerprint density at radius 1 is 1.53 bits per heavy atom. The molecule has 1 aliphatic rings. The number of rotatable bonds is 4. The van der Waals surface area contributed by atoms with Gasteiger partial charge in [-0.1, -0.05) is 18.2 Å². The summed E-state index contributed by atoms with van der Waals surface area (Å²) in [6, 6.07) is 5.94. The van der Waals surface area contributed by atoms with E-state index in [1.807, 2.05) is 12.1 Å². The van der Waals surface area contributed by atoms with Crippen molar-refractivity contribution in [1.29, 1.82) is 0 Å². The molecule has 82 valence electrons. The monoisotopic (exact) mass is 208 g/mol. The van der Waals surface area contributed by atoms with Gasteiger partial charge in [0.25, 0.3) is 0 Å². The predicted molar refractivity (Wildman–Crippen MR) is 57.1 cm³/mol. The topological polar surface area (TPSA) is 38.7 Å². The summed E-state index contributed by atoms with van der Waals surface area (Å²) in [5, 5.41) is 9.96. The van der Waals surface area contributed by atoms with Gasteiger partial charge in [-0.05, 0) is 5.56 Å². The van der Waals surface area contributed by atoms with Gasteiger partial charge in [0.05, 0.1) is 12.7 Å². The van der Waals surface area contributed by atoms with Crippen LogP contribution in [0.4, 0.5) is 0 Å². The van der Waals surface area contributed by atoms with Gasteiger partial charge >= 0.3 is 0 Å². The highest BCUT2D eigenvalue weighted by molar-refractivity contribution is 5.45. The van der Waals surface area contributed by atoms with E-state index >= 15 is 0 Å². The number of para-hydroxylation sites is 1. The van der Waals surface area contributed by atoms with Crippen LogP contribution < -0.4 is 4.74 Å². The average molecular weight is 208 g/mol. The highest BCUT2D eigenvalue weighted by Gasteiger charge is 2.20. The van der Waals surface area contributed by atoms with Crippen LogP contribution in [0.3, 0.4) is 0 Å². The number of ether oxygens (including phenoxy) is 2. The van der Waals surface area contributed by atoms with E-state index in [9.17, 15) is 5.11 Å². The zero-order valence-corrected chi connectivity index (χ0v) is 8.90. The zero-order chi connectivity index (χ0) is 10.7. The molecule has 15 heavy (non-hydrogen) atoms. The molecular weight excluding hydrogens is 192 g/mol. The van der Waals surface area contributed by atoms with Crippen LogP contribution in [-0.2, 0) is 11.2 Å². The lowest BCUT2D eigenvalue weighted by Gasteiger charge is -2.13. The fraction of sp³-hybridized carbons (Fsp3) is 0.500. The number of hydrogen-bond donors (Lipinski definition) is 1. The summed E-state index contributed by atoms with van der Waals surface area (Å²) in [7, 11) is 1.64. The van der Waals surface area contributed by atoms with Gasteiger partial charge in [0.2, 0.25) is 0 Å². The molecule has 3 nitrogen and oxygen atoms in total. The maximum atomic E-state index is 9.96. The Labute approximate surface area is 89.6 Å². The van der Waals surface area contributed by atoms with Crippen LogP contribution in [-0.4, -0.2) is 25.4 Å². The number of methoxy groups -OCH3 is 1. The molecule has 0 spiro atoms. The van der Waals surface area contributed by atoms with Crippen molar-refractivity contribution in [2.75, 3.05) is 20.3 Å². The van der Waals surface area contributed by atoms with Crippen molar-refractivity contribution in [1.82, 2.24) is 0 Å². The van der Waals surface area contributed by atoms with Crippen LogP contribution >= 0.6 is 0 Å². The molecule has 1 heterocycles. The fourth-order valence-electron chi connectivity index (χ4n) is 1.89. The largest absolute Gasteiger partial charge is 0.493 e. The van der Waals surface area contributed by atoms with E-state index in [-0.39, 0.29) is 0 Å². The van der Waals surface area contributed by atoms with Gasteiger partial charge in [-0.15, -0.1) is 0 Å². The molecule has 1 aliphatic heterocycles. The molecule has 2 rings (SSSR count). The Hall–Kier alpha value is -1.06. The van der Waals surface area contributed by atoms with Gasteiger partial charge in [-0.3, -0.25) is 0 Å². The summed E-state index contributed by atoms with van der Waals surface area (Å²) in [5.41, 5.74) is 2.09. The van der Waals surface area contributed by atoms with E-state index in [1.165, 1.54) is 5.56 Å². The molecule has 1 unspecified atom stereocenters. The lowest BCUT2D eigenvalue weighted by atomic mass is 10.0. The summed E-state index contributed by atoms with van der Waals surface area (Å²) in [5.74, 6) is 0.876. The molecule has 0 bridgehead atoms. The molecule has 0 radical (unpaired) electrons.